The van der Waals surface area contributed by atoms with Crippen molar-refractivity contribution in [1.29, 1.82) is 0 Å². The van der Waals surface area contributed by atoms with Crippen LogP contribution < -0.4 is 4.74 Å². The van der Waals surface area contributed by atoms with E-state index in [4.69, 9.17) is 16.3 Å². The standard InChI is InChI=1S/C13H11BrClNO/c1-8-3-4-12(9(2)5-8)17-13-11(15)6-10(14)7-16-13/h3-7H,1-2H3. The van der Waals surface area contributed by atoms with Crippen LogP contribution in [0.15, 0.2) is 34.9 Å². The van der Waals surface area contributed by atoms with Gasteiger partial charge in [-0.15, -0.1) is 0 Å². The van der Waals surface area contributed by atoms with Gasteiger partial charge in [0.05, 0.1) is 0 Å². The third-order valence-electron chi connectivity index (χ3n) is 2.31. The van der Waals surface area contributed by atoms with Crippen LogP contribution in [-0.4, -0.2) is 4.98 Å². The second kappa shape index (κ2) is 5.07. The molecular weight excluding hydrogens is 302 g/mol. The minimum atomic E-state index is 0.418. The molecule has 0 unspecified atom stereocenters. The van der Waals surface area contributed by atoms with Crippen LogP contribution in [0.4, 0.5) is 0 Å². The van der Waals surface area contributed by atoms with Crippen LogP contribution in [0, 0.1) is 13.8 Å². The Morgan fingerprint density at radius 1 is 1.24 bits per heavy atom. The van der Waals surface area contributed by atoms with Gasteiger partial charge >= 0.3 is 0 Å². The van der Waals surface area contributed by atoms with Gasteiger partial charge in [0, 0.05) is 10.7 Å². The van der Waals surface area contributed by atoms with Crippen molar-refractivity contribution in [3.05, 3.63) is 51.1 Å². The topological polar surface area (TPSA) is 22.1 Å². The first-order valence-electron chi connectivity index (χ1n) is 5.12. The number of hydrogen-bond donors (Lipinski definition) is 0. The number of halogens is 2. The number of aromatic nitrogens is 1. The van der Waals surface area contributed by atoms with E-state index < -0.39 is 0 Å². The summed E-state index contributed by atoms with van der Waals surface area (Å²) in [6.07, 6.45) is 1.66. The number of nitrogens with zero attached hydrogens (tertiary/aromatic N) is 1. The number of hydrogen-bond acceptors (Lipinski definition) is 2. The first-order valence-corrected chi connectivity index (χ1v) is 6.29. The van der Waals surface area contributed by atoms with Gasteiger partial charge in [0.15, 0.2) is 0 Å². The summed E-state index contributed by atoms with van der Waals surface area (Å²) in [5.41, 5.74) is 2.26. The van der Waals surface area contributed by atoms with E-state index >= 15 is 0 Å². The molecule has 2 rings (SSSR count). The van der Waals surface area contributed by atoms with Gasteiger partial charge in [-0.25, -0.2) is 4.98 Å². The van der Waals surface area contributed by atoms with Crippen molar-refractivity contribution in [1.82, 2.24) is 4.98 Å². The van der Waals surface area contributed by atoms with Crippen molar-refractivity contribution in [3.63, 3.8) is 0 Å². The molecule has 0 N–H and O–H groups in total. The number of ether oxygens (including phenoxy) is 1. The zero-order chi connectivity index (χ0) is 12.4. The molecule has 2 aromatic rings. The first kappa shape index (κ1) is 12.4. The van der Waals surface area contributed by atoms with Crippen molar-refractivity contribution in [3.8, 4) is 11.6 Å². The molecule has 0 aliphatic carbocycles. The molecule has 0 saturated carbocycles. The van der Waals surface area contributed by atoms with Crippen molar-refractivity contribution in [2.24, 2.45) is 0 Å². The third-order valence-corrected chi connectivity index (χ3v) is 3.02. The SMILES string of the molecule is Cc1ccc(Oc2ncc(Br)cc2Cl)c(C)c1. The van der Waals surface area contributed by atoms with E-state index in [0.717, 1.165) is 15.8 Å². The highest BCUT2D eigenvalue weighted by Crippen LogP contribution is 2.30. The molecule has 2 nitrogen and oxygen atoms in total. The lowest BCUT2D eigenvalue weighted by Gasteiger charge is -2.09. The summed E-state index contributed by atoms with van der Waals surface area (Å²) in [7, 11) is 0. The molecule has 0 saturated heterocycles. The quantitative estimate of drug-likeness (QED) is 0.786. The molecule has 0 atom stereocenters. The van der Waals surface area contributed by atoms with Gasteiger partial charge in [0.2, 0.25) is 5.88 Å². The zero-order valence-corrected chi connectivity index (χ0v) is 11.8. The maximum absolute atomic E-state index is 6.05. The predicted octanol–water partition coefficient (Wildman–Crippen LogP) is 4.91. The molecule has 1 aromatic carbocycles. The summed E-state index contributed by atoms with van der Waals surface area (Å²) < 4.78 is 6.52. The van der Waals surface area contributed by atoms with E-state index in [1.54, 1.807) is 12.3 Å². The van der Waals surface area contributed by atoms with Crippen LogP contribution in [0.5, 0.6) is 11.6 Å². The fourth-order valence-electron chi connectivity index (χ4n) is 1.50. The third kappa shape index (κ3) is 2.99. The second-order valence-electron chi connectivity index (χ2n) is 3.81. The van der Waals surface area contributed by atoms with Gasteiger partial charge in [-0.05, 0) is 47.5 Å². The molecule has 1 heterocycles. The molecule has 4 heteroatoms. The predicted molar refractivity (Wildman–Crippen MR) is 72.9 cm³/mol. The lowest BCUT2D eigenvalue weighted by atomic mass is 10.1. The van der Waals surface area contributed by atoms with Crippen LogP contribution in [0.3, 0.4) is 0 Å². The maximum atomic E-state index is 6.05. The number of benzene rings is 1. The summed E-state index contributed by atoms with van der Waals surface area (Å²) in [5.74, 6) is 1.19. The minimum absolute atomic E-state index is 0.418. The highest BCUT2D eigenvalue weighted by Gasteiger charge is 2.07. The normalized spacial score (nSPS) is 10.4. The monoisotopic (exact) mass is 311 g/mol. The van der Waals surface area contributed by atoms with Crippen molar-refractivity contribution >= 4 is 27.5 Å². The average molecular weight is 313 g/mol. The Balaban J connectivity index is 2.31. The Bertz CT molecular complexity index is 508. The second-order valence-corrected chi connectivity index (χ2v) is 5.13. The minimum Gasteiger partial charge on any atom is -0.437 e. The smallest absolute Gasteiger partial charge is 0.238 e. The molecule has 0 bridgehead atoms. The average Bonchev–Trinajstić information content (AvgIpc) is 2.25. The lowest BCUT2D eigenvalue weighted by Crippen LogP contribution is -1.91. The van der Waals surface area contributed by atoms with E-state index in [2.05, 4.69) is 27.0 Å². The fourth-order valence-corrected chi connectivity index (χ4v) is 2.16. The van der Waals surface area contributed by atoms with E-state index in [9.17, 15) is 0 Å². The maximum Gasteiger partial charge on any atom is 0.238 e. The summed E-state index contributed by atoms with van der Waals surface area (Å²) >= 11 is 9.35. The molecule has 0 radical (unpaired) electrons. The molecule has 1 aromatic heterocycles. The Morgan fingerprint density at radius 2 is 2.00 bits per heavy atom. The highest BCUT2D eigenvalue weighted by molar-refractivity contribution is 9.10. The first-order chi connectivity index (χ1) is 8.06. The van der Waals surface area contributed by atoms with Crippen LogP contribution in [0.25, 0.3) is 0 Å². The fraction of sp³-hybridized carbons (Fsp3) is 0.154. The zero-order valence-electron chi connectivity index (χ0n) is 9.50. The van der Waals surface area contributed by atoms with Gasteiger partial charge in [-0.1, -0.05) is 29.3 Å². The summed E-state index contributed by atoms with van der Waals surface area (Å²) in [4.78, 5) is 4.14. The molecule has 0 aliphatic rings. The van der Waals surface area contributed by atoms with Gasteiger partial charge < -0.3 is 4.74 Å². The van der Waals surface area contributed by atoms with E-state index in [1.807, 2.05) is 26.0 Å². The van der Waals surface area contributed by atoms with Crippen molar-refractivity contribution in [2.75, 3.05) is 0 Å². The Labute approximate surface area is 114 Å². The number of pyridine rings is 1. The molecule has 17 heavy (non-hydrogen) atoms. The summed E-state index contributed by atoms with van der Waals surface area (Å²) in [5, 5.41) is 0.486. The molecule has 0 aliphatic heterocycles. The van der Waals surface area contributed by atoms with Crippen LogP contribution in [0.1, 0.15) is 11.1 Å². The van der Waals surface area contributed by atoms with Crippen LogP contribution in [0.2, 0.25) is 5.02 Å². The van der Waals surface area contributed by atoms with Crippen LogP contribution >= 0.6 is 27.5 Å². The van der Waals surface area contributed by atoms with E-state index in [0.29, 0.717) is 10.9 Å². The lowest BCUT2D eigenvalue weighted by molar-refractivity contribution is 0.459. The largest absolute Gasteiger partial charge is 0.437 e. The van der Waals surface area contributed by atoms with Gasteiger partial charge in [0.1, 0.15) is 10.8 Å². The van der Waals surface area contributed by atoms with Gasteiger partial charge in [-0.2, -0.15) is 0 Å². The van der Waals surface area contributed by atoms with Gasteiger partial charge in [-0.3, -0.25) is 0 Å². The Kier molecular flexibility index (Phi) is 3.69. The van der Waals surface area contributed by atoms with Crippen LogP contribution in [-0.2, 0) is 0 Å². The number of rotatable bonds is 2. The molecule has 0 amide bonds. The molecular formula is C13H11BrClNO. The Hall–Kier alpha value is -1.06. The molecule has 0 fully saturated rings. The van der Waals surface area contributed by atoms with E-state index in [1.165, 1.54) is 5.56 Å². The van der Waals surface area contributed by atoms with Crippen molar-refractivity contribution in [2.45, 2.75) is 13.8 Å². The van der Waals surface area contributed by atoms with Gasteiger partial charge in [0.25, 0.3) is 0 Å². The van der Waals surface area contributed by atoms with E-state index in [-0.39, 0.29) is 0 Å². The number of aryl methyl sites for hydroxylation is 2. The summed E-state index contributed by atoms with van der Waals surface area (Å²) in [6.45, 7) is 4.04. The molecule has 0 spiro atoms. The van der Waals surface area contributed by atoms with Crippen molar-refractivity contribution < 1.29 is 4.74 Å². The Morgan fingerprint density at radius 3 is 2.65 bits per heavy atom. The summed E-state index contributed by atoms with van der Waals surface area (Å²) in [6, 6.07) is 7.73. The highest BCUT2D eigenvalue weighted by atomic mass is 79.9. The molecule has 88 valence electrons.